The molecule has 0 saturated carbocycles. The van der Waals surface area contributed by atoms with Crippen molar-refractivity contribution in [1.82, 2.24) is 5.32 Å². The van der Waals surface area contributed by atoms with Crippen LogP contribution in [0.15, 0.2) is 0 Å². The first-order valence-corrected chi connectivity index (χ1v) is 5.41. The van der Waals surface area contributed by atoms with E-state index in [0.29, 0.717) is 12.8 Å². The third-order valence-corrected chi connectivity index (χ3v) is 2.24. The van der Waals surface area contributed by atoms with Gasteiger partial charge in [0.25, 0.3) is 0 Å². The summed E-state index contributed by atoms with van der Waals surface area (Å²) in [7, 11) is 0. The minimum Gasteiger partial charge on any atom is -0.346 e. The zero-order valence-corrected chi connectivity index (χ0v) is 9.43. The van der Waals surface area contributed by atoms with Crippen LogP contribution in [-0.4, -0.2) is 17.7 Å². The molecule has 0 aromatic heterocycles. The number of hydrogen-bond donors (Lipinski definition) is 1. The Bertz CT molecular complexity index is 190. The van der Waals surface area contributed by atoms with Crippen LogP contribution in [0.1, 0.15) is 52.9 Å². The van der Waals surface area contributed by atoms with Crippen molar-refractivity contribution in [3.63, 3.8) is 0 Å². The molecule has 3 nitrogen and oxygen atoms in total. The molecule has 0 aliphatic rings. The van der Waals surface area contributed by atoms with Gasteiger partial charge in [-0.1, -0.05) is 26.7 Å². The van der Waals surface area contributed by atoms with Gasteiger partial charge in [0.15, 0.2) is 5.78 Å². The van der Waals surface area contributed by atoms with Gasteiger partial charge < -0.3 is 5.32 Å². The molecular weight excluding hydrogens is 178 g/mol. The lowest BCUT2D eigenvalue weighted by Crippen LogP contribution is -2.39. The Morgan fingerprint density at radius 3 is 2.29 bits per heavy atom. The van der Waals surface area contributed by atoms with E-state index in [9.17, 15) is 9.59 Å². The highest BCUT2D eigenvalue weighted by molar-refractivity contribution is 5.87. The average molecular weight is 199 g/mol. The van der Waals surface area contributed by atoms with Crippen LogP contribution in [0.3, 0.4) is 0 Å². The van der Waals surface area contributed by atoms with Crippen LogP contribution in [0.25, 0.3) is 0 Å². The summed E-state index contributed by atoms with van der Waals surface area (Å²) < 4.78 is 0. The fraction of sp³-hybridized carbons (Fsp3) is 0.818. The number of carbonyl (C=O) groups excluding carboxylic acids is 2. The molecule has 0 spiro atoms. The highest BCUT2D eigenvalue weighted by atomic mass is 16.2. The standard InChI is InChI=1S/C11H21NO2/c1-4-6-7-8-11(14)12-10(5-2)9(3)13/h10H,4-8H2,1-3H3,(H,12,14). The molecule has 0 aliphatic carbocycles. The average Bonchev–Trinajstić information content (AvgIpc) is 2.14. The normalized spacial score (nSPS) is 12.2. The molecule has 1 unspecified atom stereocenters. The smallest absolute Gasteiger partial charge is 0.220 e. The monoisotopic (exact) mass is 199 g/mol. The summed E-state index contributed by atoms with van der Waals surface area (Å²) in [6, 6.07) is -0.288. The van der Waals surface area contributed by atoms with Gasteiger partial charge >= 0.3 is 0 Å². The van der Waals surface area contributed by atoms with Gasteiger partial charge in [0.1, 0.15) is 0 Å². The van der Waals surface area contributed by atoms with E-state index in [1.807, 2.05) is 6.92 Å². The number of Topliss-reactive ketones (excluding diaryl/α,β-unsaturated/α-hetero) is 1. The molecule has 0 radical (unpaired) electrons. The van der Waals surface area contributed by atoms with Gasteiger partial charge in [-0.3, -0.25) is 9.59 Å². The molecule has 82 valence electrons. The predicted octanol–water partition coefficient (Wildman–Crippen LogP) is 2.05. The molecule has 0 aromatic rings. The number of unbranched alkanes of at least 4 members (excludes halogenated alkanes) is 2. The molecule has 0 rings (SSSR count). The number of rotatable bonds is 7. The summed E-state index contributed by atoms with van der Waals surface area (Å²) in [6.45, 7) is 5.52. The molecule has 1 amide bonds. The molecule has 0 saturated heterocycles. The first kappa shape index (κ1) is 13.1. The highest BCUT2D eigenvalue weighted by Gasteiger charge is 2.13. The quantitative estimate of drug-likeness (QED) is 0.638. The zero-order chi connectivity index (χ0) is 11.0. The van der Waals surface area contributed by atoms with Crippen LogP contribution in [0.2, 0.25) is 0 Å². The molecule has 0 aromatic carbocycles. The number of nitrogens with one attached hydrogen (secondary N) is 1. The molecule has 0 heterocycles. The molecule has 0 bridgehead atoms. The number of carbonyl (C=O) groups is 2. The Labute approximate surface area is 86.3 Å². The van der Waals surface area contributed by atoms with Gasteiger partial charge in [0.05, 0.1) is 6.04 Å². The zero-order valence-electron chi connectivity index (χ0n) is 9.43. The lowest BCUT2D eigenvalue weighted by molar-refractivity contribution is -0.127. The van der Waals surface area contributed by atoms with Crippen molar-refractivity contribution >= 4 is 11.7 Å². The van der Waals surface area contributed by atoms with Crippen molar-refractivity contribution < 1.29 is 9.59 Å². The lowest BCUT2D eigenvalue weighted by atomic mass is 10.1. The number of ketones is 1. The first-order valence-electron chi connectivity index (χ1n) is 5.41. The largest absolute Gasteiger partial charge is 0.346 e. The van der Waals surface area contributed by atoms with E-state index in [-0.39, 0.29) is 17.7 Å². The minimum absolute atomic E-state index is 0.000463. The van der Waals surface area contributed by atoms with Gasteiger partial charge in [-0.15, -0.1) is 0 Å². The summed E-state index contributed by atoms with van der Waals surface area (Å²) in [6.07, 6.45) is 4.31. The van der Waals surface area contributed by atoms with E-state index in [4.69, 9.17) is 0 Å². The maximum atomic E-state index is 11.3. The van der Waals surface area contributed by atoms with Crippen LogP contribution >= 0.6 is 0 Å². The van der Waals surface area contributed by atoms with Crippen LogP contribution in [0.5, 0.6) is 0 Å². The van der Waals surface area contributed by atoms with E-state index in [1.165, 1.54) is 6.92 Å². The van der Waals surface area contributed by atoms with E-state index >= 15 is 0 Å². The molecule has 14 heavy (non-hydrogen) atoms. The highest BCUT2D eigenvalue weighted by Crippen LogP contribution is 2.00. The van der Waals surface area contributed by atoms with Gasteiger partial charge in [-0.25, -0.2) is 0 Å². The molecule has 0 aliphatic heterocycles. The van der Waals surface area contributed by atoms with Crippen LogP contribution in [0.4, 0.5) is 0 Å². The number of amides is 1. The Balaban J connectivity index is 3.74. The Hall–Kier alpha value is -0.860. The second kappa shape index (κ2) is 7.54. The van der Waals surface area contributed by atoms with Crippen molar-refractivity contribution in [2.24, 2.45) is 0 Å². The SMILES string of the molecule is CCCCCC(=O)NC(CC)C(C)=O. The maximum Gasteiger partial charge on any atom is 0.220 e. The predicted molar refractivity (Wildman–Crippen MR) is 57.0 cm³/mol. The van der Waals surface area contributed by atoms with Crippen molar-refractivity contribution in [2.45, 2.75) is 58.9 Å². The second-order valence-electron chi connectivity index (χ2n) is 3.60. The van der Waals surface area contributed by atoms with Crippen molar-refractivity contribution in [2.75, 3.05) is 0 Å². The summed E-state index contributed by atoms with van der Waals surface area (Å²) in [5.74, 6) is 0.0387. The third-order valence-electron chi connectivity index (χ3n) is 2.24. The molecule has 1 N–H and O–H groups in total. The Morgan fingerprint density at radius 1 is 1.21 bits per heavy atom. The summed E-state index contributed by atoms with van der Waals surface area (Å²) in [5, 5.41) is 2.74. The molecule has 3 heteroatoms. The van der Waals surface area contributed by atoms with E-state index < -0.39 is 0 Å². The van der Waals surface area contributed by atoms with E-state index in [2.05, 4.69) is 12.2 Å². The summed E-state index contributed by atoms with van der Waals surface area (Å²) >= 11 is 0. The second-order valence-corrected chi connectivity index (χ2v) is 3.60. The van der Waals surface area contributed by atoms with Gasteiger partial charge in [-0.2, -0.15) is 0 Å². The van der Waals surface area contributed by atoms with E-state index in [0.717, 1.165) is 19.3 Å². The van der Waals surface area contributed by atoms with Gasteiger partial charge in [-0.05, 0) is 19.8 Å². The summed E-state index contributed by atoms with van der Waals surface area (Å²) in [4.78, 5) is 22.4. The molecule has 0 fully saturated rings. The van der Waals surface area contributed by atoms with E-state index in [1.54, 1.807) is 0 Å². The van der Waals surface area contributed by atoms with Crippen molar-refractivity contribution in [3.05, 3.63) is 0 Å². The maximum absolute atomic E-state index is 11.3. The fourth-order valence-electron chi connectivity index (χ4n) is 1.29. The first-order chi connectivity index (χ1) is 6.61. The Kier molecular flexibility index (Phi) is 7.07. The number of hydrogen-bond acceptors (Lipinski definition) is 2. The van der Waals surface area contributed by atoms with Gasteiger partial charge in [0.2, 0.25) is 5.91 Å². The van der Waals surface area contributed by atoms with Crippen LogP contribution < -0.4 is 5.32 Å². The summed E-state index contributed by atoms with van der Waals surface area (Å²) in [5.41, 5.74) is 0. The minimum atomic E-state index is -0.288. The van der Waals surface area contributed by atoms with Crippen LogP contribution in [0, 0.1) is 0 Å². The molecule has 1 atom stereocenters. The third kappa shape index (κ3) is 5.73. The lowest BCUT2D eigenvalue weighted by Gasteiger charge is -2.13. The van der Waals surface area contributed by atoms with Crippen molar-refractivity contribution in [1.29, 1.82) is 0 Å². The topological polar surface area (TPSA) is 46.2 Å². The Morgan fingerprint density at radius 2 is 1.86 bits per heavy atom. The van der Waals surface area contributed by atoms with Gasteiger partial charge in [0, 0.05) is 6.42 Å². The van der Waals surface area contributed by atoms with Crippen molar-refractivity contribution in [3.8, 4) is 0 Å². The van der Waals surface area contributed by atoms with Crippen LogP contribution in [-0.2, 0) is 9.59 Å². The fourth-order valence-corrected chi connectivity index (χ4v) is 1.29. The molecular formula is C11H21NO2.